The maximum Gasteiger partial charge on any atom is 0.451 e. The van der Waals surface area contributed by atoms with Crippen LogP contribution >= 0.6 is 0 Å². The third kappa shape index (κ3) is 5.03. The van der Waals surface area contributed by atoms with E-state index in [1.807, 2.05) is 0 Å². The second kappa shape index (κ2) is 7.23. The predicted octanol–water partition coefficient (Wildman–Crippen LogP) is 1.19. The van der Waals surface area contributed by atoms with Gasteiger partial charge in [-0.15, -0.1) is 5.10 Å². The van der Waals surface area contributed by atoms with Crippen LogP contribution in [0.1, 0.15) is 11.4 Å². The molecule has 0 spiro atoms. The Bertz CT molecular complexity index is 915. The number of sulfonamides is 1. The summed E-state index contributed by atoms with van der Waals surface area (Å²) < 4.78 is 64.7. The molecular formula is C14H15F3N4O3S. The van der Waals surface area contributed by atoms with Crippen LogP contribution < -0.4 is 10.4 Å². The molecule has 0 atom stereocenters. The Hall–Kier alpha value is -2.40. The lowest BCUT2D eigenvalue weighted by molar-refractivity contribution is -0.147. The van der Waals surface area contributed by atoms with Crippen molar-refractivity contribution in [2.24, 2.45) is 7.05 Å². The summed E-state index contributed by atoms with van der Waals surface area (Å²) in [7, 11) is -2.85. The van der Waals surface area contributed by atoms with Crippen LogP contribution in [0.15, 0.2) is 40.5 Å². The van der Waals surface area contributed by atoms with Crippen molar-refractivity contribution >= 4 is 16.1 Å². The van der Waals surface area contributed by atoms with E-state index in [-0.39, 0.29) is 13.1 Å². The fourth-order valence-corrected chi connectivity index (χ4v) is 2.76. The van der Waals surface area contributed by atoms with Gasteiger partial charge in [-0.3, -0.25) is 4.57 Å². The molecule has 0 unspecified atom stereocenters. The van der Waals surface area contributed by atoms with E-state index in [4.69, 9.17) is 0 Å². The first kappa shape index (κ1) is 18.9. The van der Waals surface area contributed by atoms with Crippen LogP contribution in [-0.2, 0) is 29.8 Å². The lowest BCUT2D eigenvalue weighted by Gasteiger charge is -2.03. The van der Waals surface area contributed by atoms with Gasteiger partial charge < -0.3 is 0 Å². The summed E-state index contributed by atoms with van der Waals surface area (Å²) in [6, 6.07) is 8.68. The van der Waals surface area contributed by atoms with Gasteiger partial charge in [0.05, 0.1) is 6.54 Å². The molecule has 1 aromatic carbocycles. The van der Waals surface area contributed by atoms with Crippen molar-refractivity contribution in [3.63, 3.8) is 0 Å². The van der Waals surface area contributed by atoms with Gasteiger partial charge in [0.15, 0.2) is 0 Å². The van der Waals surface area contributed by atoms with E-state index in [2.05, 4.69) is 9.82 Å². The minimum Gasteiger partial charge on any atom is -0.274 e. The van der Waals surface area contributed by atoms with Gasteiger partial charge in [-0.05, 0) is 11.6 Å². The summed E-state index contributed by atoms with van der Waals surface area (Å²) in [4.78, 5) is 11.7. The average molecular weight is 376 g/mol. The Morgan fingerprint density at radius 1 is 1.24 bits per heavy atom. The Morgan fingerprint density at radius 2 is 1.88 bits per heavy atom. The molecule has 2 aromatic rings. The van der Waals surface area contributed by atoms with Gasteiger partial charge in [-0.25, -0.2) is 22.6 Å². The largest absolute Gasteiger partial charge is 0.451 e. The molecule has 0 radical (unpaired) electrons. The molecule has 0 aliphatic rings. The van der Waals surface area contributed by atoms with E-state index in [1.54, 1.807) is 30.3 Å². The lowest BCUT2D eigenvalue weighted by atomic mass is 10.2. The molecule has 0 saturated carbocycles. The van der Waals surface area contributed by atoms with Gasteiger partial charge in [0.2, 0.25) is 15.8 Å². The number of nitrogens with one attached hydrogen (secondary N) is 1. The summed E-state index contributed by atoms with van der Waals surface area (Å²) >= 11 is 0. The maximum atomic E-state index is 12.7. The van der Waals surface area contributed by atoms with Crippen molar-refractivity contribution < 1.29 is 21.6 Å². The van der Waals surface area contributed by atoms with E-state index in [0.717, 1.165) is 12.5 Å². The second-order valence-electron chi connectivity index (χ2n) is 5.04. The van der Waals surface area contributed by atoms with Gasteiger partial charge in [0.25, 0.3) is 0 Å². The third-order valence-corrected chi connectivity index (χ3v) is 4.26. The number of aromatic nitrogens is 3. The maximum absolute atomic E-state index is 12.7. The summed E-state index contributed by atoms with van der Waals surface area (Å²) in [5.41, 5.74) is -0.310. The summed E-state index contributed by atoms with van der Waals surface area (Å²) in [6.45, 7) is -0.614. The third-order valence-electron chi connectivity index (χ3n) is 3.16. The van der Waals surface area contributed by atoms with E-state index in [0.29, 0.717) is 14.8 Å². The number of nitrogens with zero attached hydrogens (tertiary/aromatic N) is 3. The molecule has 1 heterocycles. The molecular weight excluding hydrogens is 361 g/mol. The van der Waals surface area contributed by atoms with E-state index < -0.39 is 27.7 Å². The van der Waals surface area contributed by atoms with Crippen LogP contribution in [0.4, 0.5) is 13.2 Å². The molecule has 0 bridgehead atoms. The van der Waals surface area contributed by atoms with Crippen LogP contribution in [0.5, 0.6) is 0 Å². The highest BCUT2D eigenvalue weighted by Gasteiger charge is 2.37. The summed E-state index contributed by atoms with van der Waals surface area (Å²) in [5, 5.41) is 4.12. The van der Waals surface area contributed by atoms with Gasteiger partial charge in [-0.2, -0.15) is 13.2 Å². The Labute approximate surface area is 141 Å². The molecule has 0 aliphatic heterocycles. The van der Waals surface area contributed by atoms with Crippen molar-refractivity contribution in [1.82, 2.24) is 19.1 Å². The molecule has 1 aromatic heterocycles. The number of hydrogen-bond donors (Lipinski definition) is 1. The van der Waals surface area contributed by atoms with Gasteiger partial charge in [-0.1, -0.05) is 30.3 Å². The monoisotopic (exact) mass is 376 g/mol. The Kier molecular flexibility index (Phi) is 5.48. The number of alkyl halides is 3. The molecule has 2 rings (SSSR count). The number of halogens is 3. The van der Waals surface area contributed by atoms with E-state index in [1.165, 1.54) is 6.08 Å². The highest BCUT2D eigenvalue weighted by atomic mass is 32.2. The zero-order valence-electron chi connectivity index (χ0n) is 13.1. The second-order valence-corrected chi connectivity index (χ2v) is 6.69. The fraction of sp³-hybridized carbons (Fsp3) is 0.286. The first-order valence-electron chi connectivity index (χ1n) is 7.04. The zero-order chi connectivity index (χ0) is 18.7. The number of benzene rings is 1. The summed E-state index contributed by atoms with van der Waals surface area (Å²) in [6.07, 6.45) is -3.39. The molecule has 0 amide bonds. The van der Waals surface area contributed by atoms with E-state index in [9.17, 15) is 26.4 Å². The number of rotatable bonds is 6. The van der Waals surface area contributed by atoms with Gasteiger partial charge in [0.1, 0.15) is 0 Å². The summed E-state index contributed by atoms with van der Waals surface area (Å²) in [5.74, 6) is -1.34. The average Bonchev–Trinajstić information content (AvgIpc) is 2.82. The minimum atomic E-state index is -4.77. The smallest absolute Gasteiger partial charge is 0.274 e. The fourth-order valence-electron chi connectivity index (χ4n) is 1.95. The van der Waals surface area contributed by atoms with Crippen LogP contribution in [-0.4, -0.2) is 29.3 Å². The van der Waals surface area contributed by atoms with Crippen molar-refractivity contribution in [3.05, 3.63) is 57.6 Å². The van der Waals surface area contributed by atoms with Gasteiger partial charge in [0, 0.05) is 19.0 Å². The molecule has 25 heavy (non-hydrogen) atoms. The van der Waals surface area contributed by atoms with Crippen molar-refractivity contribution in [3.8, 4) is 0 Å². The molecule has 0 saturated heterocycles. The van der Waals surface area contributed by atoms with Crippen LogP contribution in [0.3, 0.4) is 0 Å². The molecule has 0 fully saturated rings. The first-order valence-corrected chi connectivity index (χ1v) is 8.58. The van der Waals surface area contributed by atoms with Crippen LogP contribution in [0.25, 0.3) is 6.08 Å². The van der Waals surface area contributed by atoms with Crippen LogP contribution in [0.2, 0.25) is 0 Å². The Morgan fingerprint density at radius 3 is 2.44 bits per heavy atom. The molecule has 11 heteroatoms. The Balaban J connectivity index is 2.01. The highest BCUT2D eigenvalue weighted by Crippen LogP contribution is 2.25. The van der Waals surface area contributed by atoms with Gasteiger partial charge >= 0.3 is 11.9 Å². The van der Waals surface area contributed by atoms with Crippen molar-refractivity contribution in [2.75, 3.05) is 6.54 Å². The number of hydrogen-bond acceptors (Lipinski definition) is 4. The lowest BCUT2D eigenvalue weighted by Crippen LogP contribution is -2.31. The standard InChI is InChI=1S/C14H15F3N4O3S/c1-20-12(14(15,16)17)19-21(13(20)22)9-8-18-25(23,24)10-7-11-5-3-2-4-6-11/h2-7,10,18H,8-9H2,1H3/b10-7+. The van der Waals surface area contributed by atoms with Crippen molar-refractivity contribution in [1.29, 1.82) is 0 Å². The van der Waals surface area contributed by atoms with Crippen molar-refractivity contribution in [2.45, 2.75) is 12.7 Å². The predicted molar refractivity (Wildman–Crippen MR) is 84.9 cm³/mol. The molecule has 1 N–H and O–H groups in total. The first-order chi connectivity index (χ1) is 11.6. The highest BCUT2D eigenvalue weighted by molar-refractivity contribution is 7.92. The molecule has 0 aliphatic carbocycles. The molecule has 136 valence electrons. The van der Waals surface area contributed by atoms with E-state index >= 15 is 0 Å². The minimum absolute atomic E-state index is 0.282. The zero-order valence-corrected chi connectivity index (χ0v) is 13.9. The quantitative estimate of drug-likeness (QED) is 0.821. The SMILES string of the molecule is Cn1c(C(F)(F)F)nn(CCNS(=O)(=O)/C=C/c2ccccc2)c1=O. The van der Waals surface area contributed by atoms with Crippen LogP contribution in [0, 0.1) is 0 Å². The molecule has 7 nitrogen and oxygen atoms in total. The normalized spacial score (nSPS) is 12.8. The topological polar surface area (TPSA) is 86.0 Å².